The van der Waals surface area contributed by atoms with E-state index in [0.717, 1.165) is 9.87 Å². The molecule has 1 aliphatic heterocycles. The fraction of sp³-hybridized carbons (Fsp3) is 0.375. The molecule has 0 radical (unpaired) electrons. The monoisotopic (exact) mass is 488 g/mol. The van der Waals surface area contributed by atoms with Crippen molar-refractivity contribution in [3.8, 4) is 0 Å². The second-order valence-electron chi connectivity index (χ2n) is 8.19. The average molecular weight is 489 g/mol. The quantitative estimate of drug-likeness (QED) is 0.595. The van der Waals surface area contributed by atoms with Gasteiger partial charge < -0.3 is 14.8 Å². The lowest BCUT2D eigenvalue weighted by atomic mass is 10.1. The lowest BCUT2D eigenvalue weighted by Crippen LogP contribution is -2.42. The lowest BCUT2D eigenvalue weighted by Gasteiger charge is -2.24. The summed E-state index contributed by atoms with van der Waals surface area (Å²) in [5.74, 6) is -2.08. The summed E-state index contributed by atoms with van der Waals surface area (Å²) in [6.45, 7) is 4.91. The number of anilines is 1. The van der Waals surface area contributed by atoms with Gasteiger partial charge in [0.2, 0.25) is 10.0 Å². The van der Waals surface area contributed by atoms with E-state index in [1.165, 1.54) is 19.2 Å². The van der Waals surface area contributed by atoms with E-state index in [1.807, 2.05) is 6.92 Å². The van der Waals surface area contributed by atoms with Gasteiger partial charge in [-0.05, 0) is 56.9 Å². The molecular weight excluding hydrogens is 460 g/mol. The van der Waals surface area contributed by atoms with Gasteiger partial charge in [-0.25, -0.2) is 13.2 Å². The van der Waals surface area contributed by atoms with Crippen LogP contribution in [0.3, 0.4) is 0 Å². The second-order valence-corrected chi connectivity index (χ2v) is 10.0. The molecule has 0 saturated carbocycles. The van der Waals surface area contributed by atoms with Crippen molar-refractivity contribution in [2.75, 3.05) is 25.6 Å². The standard InChI is InChI=1S/C24H28N2O7S/c1-15-12-16(2)22(17(3)13-15)34(30,31)26-11-7-10-20(26)24(29)33-14-21(27)25-19-9-6-5-8-18(19)23(28)32-4/h5-6,8-9,12-13,20H,7,10-11,14H2,1-4H3,(H,25,27). The smallest absolute Gasteiger partial charge is 0.339 e. The summed E-state index contributed by atoms with van der Waals surface area (Å²) in [6.07, 6.45) is 0.802. The number of carbonyl (C=O) groups excluding carboxylic acids is 3. The average Bonchev–Trinajstić information content (AvgIpc) is 3.27. The van der Waals surface area contributed by atoms with E-state index in [-0.39, 0.29) is 22.7 Å². The Morgan fingerprint density at radius 3 is 2.38 bits per heavy atom. The Morgan fingerprint density at radius 1 is 1.09 bits per heavy atom. The Kier molecular flexibility index (Phi) is 7.73. The Hall–Kier alpha value is -3.24. The highest BCUT2D eigenvalue weighted by molar-refractivity contribution is 7.89. The van der Waals surface area contributed by atoms with Gasteiger partial charge in [0.15, 0.2) is 6.61 Å². The van der Waals surface area contributed by atoms with Crippen LogP contribution in [0.1, 0.15) is 39.9 Å². The molecule has 0 spiro atoms. The van der Waals surface area contributed by atoms with Crippen LogP contribution in [0.2, 0.25) is 0 Å². The molecule has 1 N–H and O–H groups in total. The summed E-state index contributed by atoms with van der Waals surface area (Å²) in [5.41, 5.74) is 2.54. The number of ether oxygens (including phenoxy) is 2. The zero-order valence-electron chi connectivity index (χ0n) is 19.6. The number of aryl methyl sites for hydroxylation is 3. The number of sulfonamides is 1. The predicted molar refractivity (Wildman–Crippen MR) is 125 cm³/mol. The van der Waals surface area contributed by atoms with Crippen LogP contribution in [-0.2, 0) is 29.1 Å². The predicted octanol–water partition coefficient (Wildman–Crippen LogP) is 2.73. The normalized spacial score (nSPS) is 16.2. The van der Waals surface area contributed by atoms with Crippen LogP contribution in [0.4, 0.5) is 5.69 Å². The van der Waals surface area contributed by atoms with Crippen molar-refractivity contribution in [2.45, 2.75) is 44.6 Å². The maximum absolute atomic E-state index is 13.4. The maximum Gasteiger partial charge on any atom is 0.339 e. The summed E-state index contributed by atoms with van der Waals surface area (Å²) in [6, 6.07) is 8.83. The van der Waals surface area contributed by atoms with Crippen LogP contribution in [0.5, 0.6) is 0 Å². The zero-order chi connectivity index (χ0) is 25.0. The van der Waals surface area contributed by atoms with Crippen molar-refractivity contribution in [1.82, 2.24) is 4.31 Å². The van der Waals surface area contributed by atoms with Gasteiger partial charge in [0.05, 0.1) is 23.3 Å². The van der Waals surface area contributed by atoms with E-state index in [9.17, 15) is 22.8 Å². The Labute approximate surface area is 199 Å². The summed E-state index contributed by atoms with van der Waals surface area (Å²) in [5, 5.41) is 2.51. The van der Waals surface area contributed by atoms with E-state index in [2.05, 4.69) is 10.1 Å². The molecule has 34 heavy (non-hydrogen) atoms. The van der Waals surface area contributed by atoms with E-state index in [4.69, 9.17) is 4.74 Å². The minimum absolute atomic E-state index is 0.154. The molecular formula is C24H28N2O7S. The number of hydrogen-bond donors (Lipinski definition) is 1. The van der Waals surface area contributed by atoms with Crippen molar-refractivity contribution in [2.24, 2.45) is 0 Å². The minimum Gasteiger partial charge on any atom is -0.465 e. The number of nitrogens with one attached hydrogen (secondary N) is 1. The van der Waals surface area contributed by atoms with Crippen LogP contribution >= 0.6 is 0 Å². The number of hydrogen-bond acceptors (Lipinski definition) is 7. The van der Waals surface area contributed by atoms with Crippen LogP contribution in [0, 0.1) is 20.8 Å². The van der Waals surface area contributed by atoms with E-state index in [1.54, 1.807) is 38.1 Å². The summed E-state index contributed by atoms with van der Waals surface area (Å²) in [7, 11) is -2.71. The number of rotatable bonds is 7. The lowest BCUT2D eigenvalue weighted by molar-refractivity contribution is -0.150. The highest BCUT2D eigenvalue weighted by Crippen LogP contribution is 2.31. The number of benzene rings is 2. The summed E-state index contributed by atoms with van der Waals surface area (Å²) >= 11 is 0. The third kappa shape index (κ3) is 5.28. The van der Waals surface area contributed by atoms with Crippen molar-refractivity contribution in [3.05, 3.63) is 58.7 Å². The number of esters is 2. The Balaban J connectivity index is 1.70. The van der Waals surface area contributed by atoms with Gasteiger partial charge in [-0.15, -0.1) is 0 Å². The fourth-order valence-electron chi connectivity index (χ4n) is 4.25. The molecule has 1 heterocycles. The molecule has 2 aromatic rings. The number of methoxy groups -OCH3 is 1. The number of carbonyl (C=O) groups is 3. The first-order chi connectivity index (χ1) is 16.1. The molecule has 0 bridgehead atoms. The Morgan fingerprint density at radius 2 is 1.74 bits per heavy atom. The largest absolute Gasteiger partial charge is 0.465 e. The topological polar surface area (TPSA) is 119 Å². The number of amides is 1. The molecule has 1 atom stereocenters. The number of para-hydroxylation sites is 1. The van der Waals surface area contributed by atoms with Crippen molar-refractivity contribution >= 4 is 33.6 Å². The van der Waals surface area contributed by atoms with Gasteiger partial charge in [0.1, 0.15) is 6.04 Å². The molecule has 10 heteroatoms. The third-order valence-electron chi connectivity index (χ3n) is 5.60. The molecule has 2 aromatic carbocycles. The molecule has 1 unspecified atom stereocenters. The minimum atomic E-state index is -3.94. The van der Waals surface area contributed by atoms with Gasteiger partial charge >= 0.3 is 11.9 Å². The highest BCUT2D eigenvalue weighted by atomic mass is 32.2. The molecule has 1 aliphatic rings. The van der Waals surface area contributed by atoms with Crippen LogP contribution in [0.25, 0.3) is 0 Å². The molecule has 9 nitrogen and oxygen atoms in total. The van der Waals surface area contributed by atoms with E-state index < -0.39 is 40.5 Å². The third-order valence-corrected chi connectivity index (χ3v) is 7.81. The Bertz CT molecular complexity index is 1200. The van der Waals surface area contributed by atoms with Crippen LogP contribution < -0.4 is 5.32 Å². The zero-order valence-corrected chi connectivity index (χ0v) is 20.4. The fourth-order valence-corrected chi connectivity index (χ4v) is 6.32. The molecule has 182 valence electrons. The molecule has 3 rings (SSSR count). The van der Waals surface area contributed by atoms with E-state index in [0.29, 0.717) is 24.0 Å². The maximum atomic E-state index is 13.4. The van der Waals surface area contributed by atoms with Crippen LogP contribution in [0.15, 0.2) is 41.3 Å². The SMILES string of the molecule is COC(=O)c1ccccc1NC(=O)COC(=O)C1CCCN1S(=O)(=O)c1c(C)cc(C)cc1C. The summed E-state index contributed by atoms with van der Waals surface area (Å²) in [4.78, 5) is 37.1. The van der Waals surface area contributed by atoms with Crippen molar-refractivity contribution < 1.29 is 32.3 Å². The molecule has 1 saturated heterocycles. The van der Waals surface area contributed by atoms with E-state index >= 15 is 0 Å². The number of nitrogens with zero attached hydrogens (tertiary/aromatic N) is 1. The van der Waals surface area contributed by atoms with Crippen molar-refractivity contribution in [3.63, 3.8) is 0 Å². The first kappa shape index (κ1) is 25.4. The first-order valence-corrected chi connectivity index (χ1v) is 12.2. The van der Waals surface area contributed by atoms with Crippen molar-refractivity contribution in [1.29, 1.82) is 0 Å². The second kappa shape index (κ2) is 10.4. The molecule has 1 amide bonds. The van der Waals surface area contributed by atoms with Gasteiger partial charge in [-0.1, -0.05) is 29.8 Å². The van der Waals surface area contributed by atoms with Gasteiger partial charge in [0.25, 0.3) is 5.91 Å². The van der Waals surface area contributed by atoms with Gasteiger partial charge in [-0.2, -0.15) is 4.31 Å². The molecule has 1 fully saturated rings. The van der Waals surface area contributed by atoms with Gasteiger partial charge in [0, 0.05) is 6.54 Å². The summed E-state index contributed by atoms with van der Waals surface area (Å²) < 4.78 is 37.8. The molecule has 0 aliphatic carbocycles. The molecule has 0 aromatic heterocycles. The highest BCUT2D eigenvalue weighted by Gasteiger charge is 2.41. The first-order valence-electron chi connectivity index (χ1n) is 10.8. The van der Waals surface area contributed by atoms with Gasteiger partial charge in [-0.3, -0.25) is 9.59 Å². The van der Waals surface area contributed by atoms with Crippen LogP contribution in [-0.4, -0.2) is 56.9 Å².